The summed E-state index contributed by atoms with van der Waals surface area (Å²) in [4.78, 5) is 11.8. The second kappa shape index (κ2) is 5.21. The largest absolute Gasteiger partial charge is 0.487 e. The van der Waals surface area contributed by atoms with Crippen LogP contribution in [-0.2, 0) is 6.61 Å². The Morgan fingerprint density at radius 1 is 1.41 bits per heavy atom. The normalized spacial score (nSPS) is 10.2. The van der Waals surface area contributed by atoms with Crippen molar-refractivity contribution in [3.63, 3.8) is 0 Å². The highest BCUT2D eigenvalue weighted by Crippen LogP contribution is 2.26. The lowest BCUT2D eigenvalue weighted by Crippen LogP contribution is -1.98. The molecular formula is C12H9ClO3S. The van der Waals surface area contributed by atoms with Gasteiger partial charge in [-0.15, -0.1) is 11.3 Å². The first-order chi connectivity index (χ1) is 8.16. The third-order valence-electron chi connectivity index (χ3n) is 2.13. The van der Waals surface area contributed by atoms with Gasteiger partial charge in [-0.25, -0.2) is 4.79 Å². The molecule has 1 aromatic heterocycles. The van der Waals surface area contributed by atoms with E-state index in [9.17, 15) is 4.79 Å². The number of carbonyl (C=O) groups is 1. The van der Waals surface area contributed by atoms with Gasteiger partial charge in [0.1, 0.15) is 12.4 Å². The third kappa shape index (κ3) is 2.99. The van der Waals surface area contributed by atoms with Crippen LogP contribution in [0.25, 0.3) is 0 Å². The van der Waals surface area contributed by atoms with Crippen molar-refractivity contribution in [2.24, 2.45) is 0 Å². The quantitative estimate of drug-likeness (QED) is 0.920. The third-order valence-corrected chi connectivity index (χ3v) is 3.27. The molecule has 0 saturated carbocycles. The number of hydrogen-bond donors (Lipinski definition) is 1. The monoisotopic (exact) mass is 268 g/mol. The number of thiophene rings is 1. The Balaban J connectivity index is 2.09. The first-order valence-corrected chi connectivity index (χ1v) is 6.10. The molecule has 0 radical (unpaired) electrons. The molecule has 0 aliphatic heterocycles. The molecule has 0 amide bonds. The minimum absolute atomic E-state index is 0.151. The van der Waals surface area contributed by atoms with Gasteiger partial charge in [0.15, 0.2) is 0 Å². The van der Waals surface area contributed by atoms with Crippen molar-refractivity contribution < 1.29 is 14.6 Å². The van der Waals surface area contributed by atoms with Crippen LogP contribution in [0.2, 0.25) is 5.02 Å². The van der Waals surface area contributed by atoms with Crippen LogP contribution in [0.15, 0.2) is 35.7 Å². The average molecular weight is 269 g/mol. The van der Waals surface area contributed by atoms with E-state index >= 15 is 0 Å². The molecule has 0 fully saturated rings. The molecule has 0 bridgehead atoms. The average Bonchev–Trinajstić information content (AvgIpc) is 2.80. The van der Waals surface area contributed by atoms with Crippen molar-refractivity contribution in [1.29, 1.82) is 0 Å². The van der Waals surface area contributed by atoms with E-state index in [2.05, 4.69) is 0 Å². The summed E-state index contributed by atoms with van der Waals surface area (Å²) >= 11 is 7.52. The number of aromatic carboxylic acids is 1. The van der Waals surface area contributed by atoms with E-state index < -0.39 is 5.97 Å². The summed E-state index contributed by atoms with van der Waals surface area (Å²) in [5.74, 6) is -0.512. The molecule has 0 atom stereocenters. The Kier molecular flexibility index (Phi) is 3.66. The number of halogens is 1. The topological polar surface area (TPSA) is 46.5 Å². The van der Waals surface area contributed by atoms with E-state index in [-0.39, 0.29) is 5.56 Å². The molecule has 5 heteroatoms. The van der Waals surface area contributed by atoms with Gasteiger partial charge in [-0.1, -0.05) is 17.7 Å². The number of benzene rings is 1. The number of carboxylic acid groups (broad SMARTS) is 1. The van der Waals surface area contributed by atoms with E-state index in [1.807, 2.05) is 17.5 Å². The molecule has 1 heterocycles. The van der Waals surface area contributed by atoms with Crippen molar-refractivity contribution >= 4 is 28.9 Å². The smallest absolute Gasteiger partial charge is 0.335 e. The maximum absolute atomic E-state index is 10.7. The second-order valence-corrected chi connectivity index (χ2v) is 4.76. The zero-order valence-corrected chi connectivity index (χ0v) is 10.3. The predicted molar refractivity (Wildman–Crippen MR) is 67.1 cm³/mol. The van der Waals surface area contributed by atoms with Crippen LogP contribution < -0.4 is 4.74 Å². The van der Waals surface area contributed by atoms with E-state index in [0.29, 0.717) is 17.4 Å². The van der Waals surface area contributed by atoms with Gasteiger partial charge in [0.2, 0.25) is 0 Å². The minimum atomic E-state index is -1.00. The lowest BCUT2D eigenvalue weighted by atomic mass is 10.2. The Morgan fingerprint density at radius 2 is 2.24 bits per heavy atom. The molecule has 0 unspecified atom stereocenters. The standard InChI is InChI=1S/C12H9ClO3S/c13-10-6-8(12(14)15)3-4-11(10)16-7-9-2-1-5-17-9/h1-6H,7H2,(H,14,15). The SMILES string of the molecule is O=C(O)c1ccc(OCc2cccs2)c(Cl)c1. The fraction of sp³-hybridized carbons (Fsp3) is 0.0833. The summed E-state index contributed by atoms with van der Waals surface area (Å²) in [6.07, 6.45) is 0. The summed E-state index contributed by atoms with van der Waals surface area (Å²) in [5.41, 5.74) is 0.151. The fourth-order valence-corrected chi connectivity index (χ4v) is 2.15. The lowest BCUT2D eigenvalue weighted by Gasteiger charge is -2.07. The van der Waals surface area contributed by atoms with Gasteiger partial charge in [0.05, 0.1) is 10.6 Å². The maximum atomic E-state index is 10.7. The van der Waals surface area contributed by atoms with E-state index in [1.165, 1.54) is 12.1 Å². The summed E-state index contributed by atoms with van der Waals surface area (Å²) in [6, 6.07) is 8.33. The van der Waals surface area contributed by atoms with Gasteiger partial charge in [0, 0.05) is 4.88 Å². The molecule has 0 aliphatic carbocycles. The van der Waals surface area contributed by atoms with Crippen molar-refractivity contribution in [2.45, 2.75) is 6.61 Å². The number of hydrogen-bond acceptors (Lipinski definition) is 3. The first-order valence-electron chi connectivity index (χ1n) is 4.85. The summed E-state index contributed by atoms with van der Waals surface area (Å²) < 4.78 is 5.50. The zero-order chi connectivity index (χ0) is 12.3. The Bertz CT molecular complexity index is 523. The Hall–Kier alpha value is -1.52. The molecule has 1 aromatic carbocycles. The minimum Gasteiger partial charge on any atom is -0.487 e. The van der Waals surface area contributed by atoms with Gasteiger partial charge in [-0.05, 0) is 29.6 Å². The number of carboxylic acids is 1. The van der Waals surface area contributed by atoms with E-state index in [4.69, 9.17) is 21.4 Å². The summed E-state index contributed by atoms with van der Waals surface area (Å²) in [6.45, 7) is 0.434. The van der Waals surface area contributed by atoms with E-state index in [0.717, 1.165) is 4.88 Å². The van der Waals surface area contributed by atoms with Crippen LogP contribution in [0.3, 0.4) is 0 Å². The van der Waals surface area contributed by atoms with Crippen LogP contribution >= 0.6 is 22.9 Å². The van der Waals surface area contributed by atoms with Crippen molar-refractivity contribution in [3.05, 3.63) is 51.2 Å². The van der Waals surface area contributed by atoms with Gasteiger partial charge in [-0.3, -0.25) is 0 Å². The molecule has 0 saturated heterocycles. The van der Waals surface area contributed by atoms with Crippen LogP contribution in [0, 0.1) is 0 Å². The molecule has 2 aromatic rings. The highest BCUT2D eigenvalue weighted by Gasteiger charge is 2.08. The Labute approximate surface area is 107 Å². The molecule has 3 nitrogen and oxygen atoms in total. The highest BCUT2D eigenvalue weighted by atomic mass is 35.5. The lowest BCUT2D eigenvalue weighted by molar-refractivity contribution is 0.0697. The molecule has 0 spiro atoms. The summed E-state index contributed by atoms with van der Waals surface area (Å²) in [5, 5.41) is 11.1. The van der Waals surface area contributed by atoms with Gasteiger partial charge < -0.3 is 9.84 Å². The van der Waals surface area contributed by atoms with Gasteiger partial charge in [0.25, 0.3) is 0 Å². The van der Waals surface area contributed by atoms with Gasteiger partial charge >= 0.3 is 5.97 Å². The fourth-order valence-electron chi connectivity index (χ4n) is 1.29. The van der Waals surface area contributed by atoms with E-state index in [1.54, 1.807) is 17.4 Å². The van der Waals surface area contributed by atoms with Crippen molar-refractivity contribution in [1.82, 2.24) is 0 Å². The van der Waals surface area contributed by atoms with Crippen LogP contribution in [0.4, 0.5) is 0 Å². The highest BCUT2D eigenvalue weighted by molar-refractivity contribution is 7.09. The molecule has 88 valence electrons. The molecule has 2 rings (SSSR count). The zero-order valence-electron chi connectivity index (χ0n) is 8.72. The van der Waals surface area contributed by atoms with Crippen LogP contribution in [-0.4, -0.2) is 11.1 Å². The Morgan fingerprint density at radius 3 is 2.82 bits per heavy atom. The van der Waals surface area contributed by atoms with Crippen LogP contribution in [0.1, 0.15) is 15.2 Å². The molecule has 1 N–H and O–H groups in total. The predicted octanol–water partition coefficient (Wildman–Crippen LogP) is 3.68. The maximum Gasteiger partial charge on any atom is 0.335 e. The van der Waals surface area contributed by atoms with Crippen molar-refractivity contribution in [2.75, 3.05) is 0 Å². The van der Waals surface area contributed by atoms with Crippen LogP contribution in [0.5, 0.6) is 5.75 Å². The number of rotatable bonds is 4. The molecule has 0 aliphatic rings. The molecular weight excluding hydrogens is 260 g/mol. The van der Waals surface area contributed by atoms with Crippen molar-refractivity contribution in [3.8, 4) is 5.75 Å². The van der Waals surface area contributed by atoms with Gasteiger partial charge in [-0.2, -0.15) is 0 Å². The first kappa shape index (κ1) is 12.0. The second-order valence-electron chi connectivity index (χ2n) is 3.32. The molecule has 17 heavy (non-hydrogen) atoms. The number of ether oxygens (including phenoxy) is 1. The summed E-state index contributed by atoms with van der Waals surface area (Å²) in [7, 11) is 0.